The third kappa shape index (κ3) is 6.74. The molecule has 2 aromatic carbocycles. The average Bonchev–Trinajstić information content (AvgIpc) is 2.62. The van der Waals surface area contributed by atoms with Crippen LogP contribution in [-0.2, 0) is 14.4 Å². The van der Waals surface area contributed by atoms with Crippen molar-refractivity contribution in [1.82, 2.24) is 5.32 Å². The van der Waals surface area contributed by atoms with Crippen LogP contribution in [0.5, 0.6) is 11.5 Å². The van der Waals surface area contributed by atoms with Crippen molar-refractivity contribution in [3.05, 3.63) is 63.4 Å². The lowest BCUT2D eigenvalue weighted by molar-refractivity contribution is -0.138. The molecule has 0 spiro atoms. The summed E-state index contributed by atoms with van der Waals surface area (Å²) in [6.45, 7) is 0. The molecule has 0 fully saturated rings. The van der Waals surface area contributed by atoms with Gasteiger partial charge in [0.25, 0.3) is 0 Å². The molecule has 0 heterocycles. The van der Waals surface area contributed by atoms with Crippen molar-refractivity contribution in [3.8, 4) is 11.5 Å². The summed E-state index contributed by atoms with van der Waals surface area (Å²) in [5.74, 6) is -1.84. The highest BCUT2D eigenvalue weighted by Crippen LogP contribution is 2.26. The Kier molecular flexibility index (Phi) is 7.35. The summed E-state index contributed by atoms with van der Waals surface area (Å²) >= 11 is 2.16. The fraction of sp³-hybridized carbons (Fsp3) is 0.105. The van der Waals surface area contributed by atoms with Gasteiger partial charge >= 0.3 is 11.9 Å². The summed E-state index contributed by atoms with van der Waals surface area (Å²) in [5.41, 5.74) is 0.206. The lowest BCUT2D eigenvalue weighted by Crippen LogP contribution is -2.27. The van der Waals surface area contributed by atoms with Gasteiger partial charge in [-0.3, -0.25) is 9.59 Å². The first kappa shape index (κ1) is 20.4. The second-order valence-corrected chi connectivity index (χ2v) is 6.57. The predicted octanol–water partition coefficient (Wildman–Crippen LogP) is 3.49. The molecule has 7 nitrogen and oxygen atoms in total. The van der Waals surface area contributed by atoms with Crippen molar-refractivity contribution in [2.75, 3.05) is 0 Å². The van der Waals surface area contributed by atoms with Crippen molar-refractivity contribution in [2.45, 2.75) is 12.8 Å². The van der Waals surface area contributed by atoms with Crippen LogP contribution in [0.3, 0.4) is 0 Å². The van der Waals surface area contributed by atoms with Gasteiger partial charge in [0.05, 0.1) is 9.99 Å². The summed E-state index contributed by atoms with van der Waals surface area (Å²) < 4.78 is 6.72. The maximum absolute atomic E-state index is 11.6. The molecular formula is C19H16INO6. The first-order chi connectivity index (χ1) is 12.8. The number of benzene rings is 2. The fourth-order valence-electron chi connectivity index (χ4n) is 2.04. The zero-order valence-electron chi connectivity index (χ0n) is 14.0. The number of carboxylic acids is 2. The van der Waals surface area contributed by atoms with E-state index in [1.807, 2.05) is 24.3 Å². The maximum Gasteiger partial charge on any atom is 0.352 e. The third-order valence-corrected chi connectivity index (χ3v) is 4.22. The molecule has 2 aromatic rings. The number of nitrogens with one attached hydrogen (secondary N) is 1. The van der Waals surface area contributed by atoms with E-state index >= 15 is 0 Å². The van der Waals surface area contributed by atoms with E-state index in [4.69, 9.17) is 9.84 Å². The van der Waals surface area contributed by atoms with E-state index in [2.05, 4.69) is 27.9 Å². The molecule has 0 bridgehead atoms. The molecule has 0 aliphatic heterocycles. The van der Waals surface area contributed by atoms with Gasteiger partial charge in [0.15, 0.2) is 0 Å². The van der Waals surface area contributed by atoms with E-state index in [1.54, 1.807) is 24.3 Å². The van der Waals surface area contributed by atoms with Gasteiger partial charge in [-0.1, -0.05) is 24.3 Å². The summed E-state index contributed by atoms with van der Waals surface area (Å²) in [6.07, 6.45) is 0.614. The van der Waals surface area contributed by atoms with Crippen molar-refractivity contribution in [3.63, 3.8) is 0 Å². The standard InChI is InChI=1S/C19H16INO6/c20-14-3-1-2-4-16(14)27-13-7-5-12(6-8-13)11-15(19(25)26)21-17(22)9-10-18(23)24/h1-8,11H,9-10H2,(H,21,22)(H,23,24)(H,25,26). The number of carbonyl (C=O) groups is 3. The molecule has 0 aromatic heterocycles. The summed E-state index contributed by atoms with van der Waals surface area (Å²) in [4.78, 5) is 33.4. The molecule has 1 amide bonds. The Bertz CT molecular complexity index is 876. The first-order valence-electron chi connectivity index (χ1n) is 7.84. The van der Waals surface area contributed by atoms with Crippen LogP contribution in [0.1, 0.15) is 18.4 Å². The van der Waals surface area contributed by atoms with Gasteiger partial charge in [0, 0.05) is 6.42 Å². The van der Waals surface area contributed by atoms with Crippen molar-refractivity contribution < 1.29 is 29.3 Å². The molecule has 2 rings (SSSR count). The topological polar surface area (TPSA) is 113 Å². The molecule has 0 aliphatic rings. The van der Waals surface area contributed by atoms with Gasteiger partial charge in [-0.05, 0) is 58.5 Å². The number of ether oxygens (including phenoxy) is 1. The number of aliphatic carboxylic acids is 2. The molecular weight excluding hydrogens is 465 g/mol. The van der Waals surface area contributed by atoms with Crippen LogP contribution < -0.4 is 10.1 Å². The largest absolute Gasteiger partial charge is 0.481 e. The van der Waals surface area contributed by atoms with E-state index in [0.717, 1.165) is 3.57 Å². The lowest BCUT2D eigenvalue weighted by atomic mass is 10.1. The lowest BCUT2D eigenvalue weighted by Gasteiger charge is -2.08. The van der Waals surface area contributed by atoms with Crippen LogP contribution in [0.2, 0.25) is 0 Å². The van der Waals surface area contributed by atoms with Crippen LogP contribution in [0.4, 0.5) is 0 Å². The monoisotopic (exact) mass is 481 g/mol. The number of amides is 1. The molecule has 140 valence electrons. The van der Waals surface area contributed by atoms with Gasteiger partial charge in [0.1, 0.15) is 17.2 Å². The Morgan fingerprint density at radius 3 is 2.26 bits per heavy atom. The quantitative estimate of drug-likeness (QED) is 0.393. The predicted molar refractivity (Wildman–Crippen MR) is 106 cm³/mol. The summed E-state index contributed by atoms with van der Waals surface area (Å²) in [5, 5.41) is 20.0. The van der Waals surface area contributed by atoms with Crippen LogP contribution >= 0.6 is 22.6 Å². The van der Waals surface area contributed by atoms with E-state index < -0.39 is 17.8 Å². The van der Waals surface area contributed by atoms with Crippen LogP contribution in [0.25, 0.3) is 6.08 Å². The van der Waals surface area contributed by atoms with Crippen LogP contribution in [-0.4, -0.2) is 28.1 Å². The van der Waals surface area contributed by atoms with Gasteiger partial charge < -0.3 is 20.3 Å². The summed E-state index contributed by atoms with van der Waals surface area (Å²) in [6, 6.07) is 14.2. The molecule has 0 saturated heterocycles. The van der Waals surface area contributed by atoms with E-state index in [9.17, 15) is 19.5 Å². The third-order valence-electron chi connectivity index (χ3n) is 3.33. The molecule has 0 atom stereocenters. The van der Waals surface area contributed by atoms with Crippen molar-refractivity contribution in [2.24, 2.45) is 0 Å². The zero-order chi connectivity index (χ0) is 19.8. The Morgan fingerprint density at radius 2 is 1.67 bits per heavy atom. The highest BCUT2D eigenvalue weighted by Gasteiger charge is 2.13. The minimum atomic E-state index is -1.32. The molecule has 0 radical (unpaired) electrons. The number of carbonyl (C=O) groups excluding carboxylic acids is 1. The second kappa shape index (κ2) is 9.72. The number of rotatable bonds is 8. The Hall–Kier alpha value is -2.88. The Balaban J connectivity index is 2.08. The number of para-hydroxylation sites is 1. The Labute approximate surface area is 168 Å². The Morgan fingerprint density at radius 1 is 1.00 bits per heavy atom. The van der Waals surface area contributed by atoms with E-state index in [0.29, 0.717) is 17.1 Å². The highest BCUT2D eigenvalue weighted by molar-refractivity contribution is 14.1. The van der Waals surface area contributed by atoms with Crippen LogP contribution in [0, 0.1) is 3.57 Å². The first-order valence-corrected chi connectivity index (χ1v) is 8.92. The van der Waals surface area contributed by atoms with Gasteiger partial charge in [0.2, 0.25) is 5.91 Å². The van der Waals surface area contributed by atoms with Crippen molar-refractivity contribution in [1.29, 1.82) is 0 Å². The maximum atomic E-state index is 11.6. The minimum Gasteiger partial charge on any atom is -0.481 e. The molecule has 0 aliphatic carbocycles. The fourth-order valence-corrected chi connectivity index (χ4v) is 2.54. The van der Waals surface area contributed by atoms with Gasteiger partial charge in [-0.15, -0.1) is 0 Å². The molecule has 8 heteroatoms. The molecule has 3 N–H and O–H groups in total. The molecule has 0 unspecified atom stereocenters. The van der Waals surface area contributed by atoms with Gasteiger partial charge in [-0.25, -0.2) is 4.79 Å². The number of hydrogen-bond acceptors (Lipinski definition) is 4. The summed E-state index contributed by atoms with van der Waals surface area (Å²) in [7, 11) is 0. The number of carboxylic acid groups (broad SMARTS) is 2. The van der Waals surface area contributed by atoms with Gasteiger partial charge in [-0.2, -0.15) is 0 Å². The second-order valence-electron chi connectivity index (χ2n) is 5.41. The average molecular weight is 481 g/mol. The highest BCUT2D eigenvalue weighted by atomic mass is 127. The SMILES string of the molecule is O=C(O)CCC(=O)NC(=Cc1ccc(Oc2ccccc2I)cc1)C(=O)O. The molecule has 0 saturated carbocycles. The smallest absolute Gasteiger partial charge is 0.352 e. The minimum absolute atomic E-state index is 0.303. The number of hydrogen-bond donors (Lipinski definition) is 3. The van der Waals surface area contributed by atoms with E-state index in [1.165, 1.54) is 6.08 Å². The van der Waals surface area contributed by atoms with Crippen LogP contribution in [0.15, 0.2) is 54.2 Å². The normalized spacial score (nSPS) is 10.9. The zero-order valence-corrected chi connectivity index (χ0v) is 16.2. The van der Waals surface area contributed by atoms with E-state index in [-0.39, 0.29) is 18.5 Å². The van der Waals surface area contributed by atoms with Crippen molar-refractivity contribution >= 4 is 46.5 Å². The molecule has 27 heavy (non-hydrogen) atoms. The number of halogens is 1.